The summed E-state index contributed by atoms with van der Waals surface area (Å²) in [4.78, 5) is 2.38. The summed E-state index contributed by atoms with van der Waals surface area (Å²) >= 11 is 6.03. The fourth-order valence-electron chi connectivity index (χ4n) is 2.80. The fraction of sp³-hybridized carbons (Fsp3) is 0.400. The van der Waals surface area contributed by atoms with Crippen LogP contribution >= 0.6 is 11.6 Å². The third kappa shape index (κ3) is 3.10. The molecule has 100 valence electrons. The number of aromatic amines is 1. The van der Waals surface area contributed by atoms with Gasteiger partial charge in [0, 0.05) is 24.2 Å². The first-order valence-electron chi connectivity index (χ1n) is 6.80. The molecular formula is C15H18ClN3. The Labute approximate surface area is 118 Å². The summed E-state index contributed by atoms with van der Waals surface area (Å²) in [6.45, 7) is 2.21. The number of anilines is 1. The molecule has 0 saturated carbocycles. The van der Waals surface area contributed by atoms with Crippen molar-refractivity contribution in [2.75, 3.05) is 18.0 Å². The molecule has 19 heavy (non-hydrogen) atoms. The normalized spacial score (nSPS) is 16.8. The van der Waals surface area contributed by atoms with E-state index in [4.69, 9.17) is 11.6 Å². The van der Waals surface area contributed by atoms with Gasteiger partial charge in [0.05, 0.1) is 6.20 Å². The Kier molecular flexibility index (Phi) is 3.74. The summed E-state index contributed by atoms with van der Waals surface area (Å²) in [5, 5.41) is 7.89. The van der Waals surface area contributed by atoms with Gasteiger partial charge in [0.2, 0.25) is 0 Å². The van der Waals surface area contributed by atoms with Gasteiger partial charge in [0.15, 0.2) is 0 Å². The van der Waals surface area contributed by atoms with E-state index in [-0.39, 0.29) is 0 Å². The number of halogens is 1. The van der Waals surface area contributed by atoms with Crippen molar-refractivity contribution in [2.24, 2.45) is 5.92 Å². The maximum atomic E-state index is 6.03. The van der Waals surface area contributed by atoms with Crippen molar-refractivity contribution >= 4 is 17.4 Å². The molecule has 2 aromatic rings. The minimum Gasteiger partial charge on any atom is -0.357 e. The number of rotatable bonds is 3. The molecule has 3 rings (SSSR count). The van der Waals surface area contributed by atoms with Gasteiger partial charge in [-0.05, 0) is 42.9 Å². The molecule has 0 spiro atoms. The highest BCUT2D eigenvalue weighted by atomic mass is 35.5. The summed E-state index contributed by atoms with van der Waals surface area (Å²) in [7, 11) is 0. The van der Waals surface area contributed by atoms with Crippen molar-refractivity contribution in [3.05, 3.63) is 47.1 Å². The van der Waals surface area contributed by atoms with Gasteiger partial charge in [-0.2, -0.15) is 5.10 Å². The van der Waals surface area contributed by atoms with Crippen LogP contribution in [0.25, 0.3) is 0 Å². The standard InChI is InChI=1S/C15H18ClN3/c16-14-3-1-2-13(11-14)10-12-5-8-19(9-6-12)15-4-7-17-18-15/h1-4,7,11-12H,5-6,8-10H2,(H,17,18). The molecule has 1 aromatic heterocycles. The van der Waals surface area contributed by atoms with Crippen LogP contribution in [-0.4, -0.2) is 23.3 Å². The predicted molar refractivity (Wildman–Crippen MR) is 78.7 cm³/mol. The van der Waals surface area contributed by atoms with Crippen LogP contribution in [0, 0.1) is 5.92 Å². The third-order valence-corrected chi connectivity index (χ3v) is 4.09. The van der Waals surface area contributed by atoms with Crippen LogP contribution in [0.5, 0.6) is 0 Å². The first-order valence-corrected chi connectivity index (χ1v) is 7.18. The molecule has 1 saturated heterocycles. The molecule has 1 fully saturated rings. The highest BCUT2D eigenvalue weighted by Crippen LogP contribution is 2.25. The fourth-order valence-corrected chi connectivity index (χ4v) is 3.01. The lowest BCUT2D eigenvalue weighted by molar-refractivity contribution is 0.402. The second kappa shape index (κ2) is 5.66. The first kappa shape index (κ1) is 12.5. The second-order valence-electron chi connectivity index (χ2n) is 5.21. The number of nitrogens with zero attached hydrogens (tertiary/aromatic N) is 2. The quantitative estimate of drug-likeness (QED) is 0.929. The summed E-state index contributed by atoms with van der Waals surface area (Å²) in [6.07, 6.45) is 5.40. The Bertz CT molecular complexity index is 516. The molecular weight excluding hydrogens is 258 g/mol. The minimum atomic E-state index is 0.762. The van der Waals surface area contributed by atoms with Gasteiger partial charge in [-0.15, -0.1) is 0 Å². The Morgan fingerprint density at radius 3 is 2.79 bits per heavy atom. The van der Waals surface area contributed by atoms with E-state index < -0.39 is 0 Å². The lowest BCUT2D eigenvalue weighted by Crippen LogP contribution is -2.34. The van der Waals surface area contributed by atoms with Gasteiger partial charge in [-0.1, -0.05) is 23.7 Å². The molecule has 1 aliphatic heterocycles. The average Bonchev–Trinajstić information content (AvgIpc) is 2.94. The molecule has 1 aliphatic rings. The van der Waals surface area contributed by atoms with Gasteiger partial charge < -0.3 is 4.90 Å². The Morgan fingerprint density at radius 2 is 2.11 bits per heavy atom. The lowest BCUT2D eigenvalue weighted by Gasteiger charge is -2.32. The van der Waals surface area contributed by atoms with Crippen LogP contribution in [-0.2, 0) is 6.42 Å². The monoisotopic (exact) mass is 275 g/mol. The maximum absolute atomic E-state index is 6.03. The van der Waals surface area contributed by atoms with Crippen LogP contribution in [0.1, 0.15) is 18.4 Å². The number of benzene rings is 1. The smallest absolute Gasteiger partial charge is 0.123 e. The van der Waals surface area contributed by atoms with E-state index in [0.29, 0.717) is 0 Å². The van der Waals surface area contributed by atoms with Crippen molar-refractivity contribution < 1.29 is 0 Å². The molecule has 0 radical (unpaired) electrons. The van der Waals surface area contributed by atoms with Crippen molar-refractivity contribution in [1.82, 2.24) is 10.2 Å². The number of nitrogens with one attached hydrogen (secondary N) is 1. The van der Waals surface area contributed by atoms with E-state index in [1.54, 1.807) is 0 Å². The number of piperidine rings is 1. The molecule has 0 unspecified atom stereocenters. The topological polar surface area (TPSA) is 31.9 Å². The lowest BCUT2D eigenvalue weighted by atomic mass is 9.90. The summed E-state index contributed by atoms with van der Waals surface area (Å²) in [5.41, 5.74) is 1.35. The number of H-pyrrole nitrogens is 1. The van der Waals surface area contributed by atoms with Gasteiger partial charge in [-0.3, -0.25) is 5.10 Å². The van der Waals surface area contributed by atoms with E-state index in [9.17, 15) is 0 Å². The Balaban J connectivity index is 1.56. The summed E-state index contributed by atoms with van der Waals surface area (Å²) < 4.78 is 0. The highest BCUT2D eigenvalue weighted by molar-refractivity contribution is 6.30. The summed E-state index contributed by atoms with van der Waals surface area (Å²) in [5.74, 6) is 1.90. The van der Waals surface area contributed by atoms with Crippen LogP contribution < -0.4 is 4.90 Å². The van der Waals surface area contributed by atoms with Crippen molar-refractivity contribution in [1.29, 1.82) is 0 Å². The van der Waals surface area contributed by atoms with Crippen molar-refractivity contribution in [2.45, 2.75) is 19.3 Å². The molecule has 1 aromatic carbocycles. The van der Waals surface area contributed by atoms with Gasteiger partial charge in [0.1, 0.15) is 5.82 Å². The van der Waals surface area contributed by atoms with Crippen LogP contribution in [0.4, 0.5) is 5.82 Å². The zero-order valence-corrected chi connectivity index (χ0v) is 11.6. The largest absolute Gasteiger partial charge is 0.357 e. The van der Waals surface area contributed by atoms with E-state index in [2.05, 4.69) is 27.2 Å². The van der Waals surface area contributed by atoms with Crippen LogP contribution in [0.15, 0.2) is 36.5 Å². The number of hydrogen-bond donors (Lipinski definition) is 1. The maximum Gasteiger partial charge on any atom is 0.123 e. The van der Waals surface area contributed by atoms with Gasteiger partial charge in [0.25, 0.3) is 0 Å². The molecule has 4 heteroatoms. The zero-order valence-electron chi connectivity index (χ0n) is 10.8. The van der Waals surface area contributed by atoms with Crippen molar-refractivity contribution in [3.63, 3.8) is 0 Å². The SMILES string of the molecule is Clc1cccc(CC2CCN(c3ccn[nH]3)CC2)c1. The van der Waals surface area contributed by atoms with Crippen molar-refractivity contribution in [3.8, 4) is 0 Å². The Morgan fingerprint density at radius 1 is 1.26 bits per heavy atom. The molecule has 0 atom stereocenters. The zero-order chi connectivity index (χ0) is 13.1. The first-order chi connectivity index (χ1) is 9.31. The highest BCUT2D eigenvalue weighted by Gasteiger charge is 2.20. The molecule has 0 bridgehead atoms. The van der Waals surface area contributed by atoms with Gasteiger partial charge in [-0.25, -0.2) is 0 Å². The van der Waals surface area contributed by atoms with E-state index >= 15 is 0 Å². The van der Waals surface area contributed by atoms with E-state index in [0.717, 1.165) is 36.3 Å². The number of hydrogen-bond acceptors (Lipinski definition) is 2. The molecule has 3 nitrogen and oxygen atoms in total. The third-order valence-electron chi connectivity index (χ3n) is 3.85. The van der Waals surface area contributed by atoms with Crippen LogP contribution in [0.3, 0.4) is 0 Å². The van der Waals surface area contributed by atoms with E-state index in [1.165, 1.54) is 18.4 Å². The van der Waals surface area contributed by atoms with Crippen LogP contribution in [0.2, 0.25) is 5.02 Å². The molecule has 0 aliphatic carbocycles. The second-order valence-corrected chi connectivity index (χ2v) is 5.64. The van der Waals surface area contributed by atoms with E-state index in [1.807, 2.05) is 24.4 Å². The predicted octanol–water partition coefficient (Wildman–Crippen LogP) is 3.52. The number of aromatic nitrogens is 2. The minimum absolute atomic E-state index is 0.762. The summed E-state index contributed by atoms with van der Waals surface area (Å²) in [6, 6.07) is 10.3. The Hall–Kier alpha value is -1.48. The van der Waals surface area contributed by atoms with Gasteiger partial charge >= 0.3 is 0 Å². The molecule has 1 N–H and O–H groups in total. The molecule has 0 amide bonds. The molecule has 2 heterocycles. The average molecular weight is 276 g/mol.